The third-order valence-corrected chi connectivity index (χ3v) is 6.35. The number of rotatable bonds is 4. The van der Waals surface area contributed by atoms with Crippen LogP contribution in [-0.2, 0) is 9.59 Å². The van der Waals surface area contributed by atoms with Gasteiger partial charge in [0.25, 0.3) is 17.7 Å². The first-order valence-corrected chi connectivity index (χ1v) is 11.6. The molecule has 0 radical (unpaired) electrons. The fraction of sp³-hybridized carbons (Fsp3) is 0.0690. The van der Waals surface area contributed by atoms with Crippen LogP contribution in [0.4, 0.5) is 17.1 Å². The average molecular weight is 506 g/mol. The molecule has 0 fully saturated rings. The zero-order valence-corrected chi connectivity index (χ0v) is 20.2. The summed E-state index contributed by atoms with van der Waals surface area (Å²) in [6, 6.07) is 19.1. The van der Waals surface area contributed by atoms with Crippen LogP contribution in [0.1, 0.15) is 44.9 Å². The number of ether oxygens (including phenoxy) is 2. The Balaban J connectivity index is 1.48. The van der Waals surface area contributed by atoms with Crippen LogP contribution >= 0.6 is 0 Å². The van der Waals surface area contributed by atoms with E-state index in [1.54, 1.807) is 66.7 Å². The predicted octanol–water partition coefficient (Wildman–Crippen LogP) is 4.78. The number of esters is 2. The van der Waals surface area contributed by atoms with E-state index < -0.39 is 23.8 Å². The molecule has 3 amide bonds. The van der Waals surface area contributed by atoms with Crippen LogP contribution in [0.5, 0.6) is 11.5 Å². The number of anilines is 3. The van der Waals surface area contributed by atoms with Gasteiger partial charge in [0.1, 0.15) is 11.5 Å². The Morgan fingerprint density at radius 3 is 1.55 bits per heavy atom. The summed E-state index contributed by atoms with van der Waals surface area (Å²) >= 11 is 0. The van der Waals surface area contributed by atoms with Crippen molar-refractivity contribution in [3.05, 3.63) is 89.5 Å². The summed E-state index contributed by atoms with van der Waals surface area (Å²) in [6.07, 6.45) is 0. The number of carbonyl (C=O) groups is 5. The molecule has 186 valence electrons. The van der Waals surface area contributed by atoms with Gasteiger partial charge in [-0.25, -0.2) is 4.90 Å². The second-order valence-electron chi connectivity index (χ2n) is 8.81. The molecule has 0 aliphatic carbocycles. The van der Waals surface area contributed by atoms with Crippen molar-refractivity contribution in [2.24, 2.45) is 0 Å². The Labute approximate surface area is 215 Å². The van der Waals surface area contributed by atoms with Crippen LogP contribution in [0.3, 0.4) is 0 Å². The van der Waals surface area contributed by atoms with E-state index in [0.717, 1.165) is 4.90 Å². The highest BCUT2D eigenvalue weighted by atomic mass is 16.5. The van der Waals surface area contributed by atoms with Crippen molar-refractivity contribution in [1.82, 2.24) is 0 Å². The maximum absolute atomic E-state index is 13.6. The van der Waals surface area contributed by atoms with Crippen molar-refractivity contribution in [2.45, 2.75) is 13.8 Å². The minimum Gasteiger partial charge on any atom is -0.427 e. The summed E-state index contributed by atoms with van der Waals surface area (Å²) in [5.41, 5.74) is 2.11. The Morgan fingerprint density at radius 2 is 1.03 bits per heavy atom. The fourth-order valence-electron chi connectivity index (χ4n) is 4.96. The molecule has 0 unspecified atom stereocenters. The van der Waals surface area contributed by atoms with E-state index in [1.807, 2.05) is 0 Å². The van der Waals surface area contributed by atoms with Gasteiger partial charge in [-0.15, -0.1) is 0 Å². The molecule has 2 heterocycles. The van der Waals surface area contributed by atoms with Crippen LogP contribution in [0.15, 0.2) is 72.8 Å². The summed E-state index contributed by atoms with van der Waals surface area (Å²) in [4.78, 5) is 66.1. The average Bonchev–Trinajstić information content (AvgIpc) is 3.16. The largest absolute Gasteiger partial charge is 0.427 e. The van der Waals surface area contributed by atoms with E-state index in [4.69, 9.17) is 9.47 Å². The number of imide groups is 1. The zero-order valence-electron chi connectivity index (χ0n) is 20.2. The smallest absolute Gasteiger partial charge is 0.308 e. The number of hydrogen-bond acceptors (Lipinski definition) is 7. The Hall–Kier alpha value is -5.31. The lowest BCUT2D eigenvalue weighted by Gasteiger charge is -2.28. The molecule has 4 aromatic carbocycles. The highest BCUT2D eigenvalue weighted by Crippen LogP contribution is 2.46. The van der Waals surface area contributed by atoms with Gasteiger partial charge in [0, 0.05) is 47.9 Å². The van der Waals surface area contributed by atoms with E-state index >= 15 is 0 Å². The van der Waals surface area contributed by atoms with E-state index in [1.165, 1.54) is 24.8 Å². The summed E-state index contributed by atoms with van der Waals surface area (Å²) in [7, 11) is 0. The predicted molar refractivity (Wildman–Crippen MR) is 137 cm³/mol. The molecule has 0 saturated heterocycles. The van der Waals surface area contributed by atoms with Gasteiger partial charge < -0.3 is 9.47 Å². The molecule has 9 nitrogen and oxygen atoms in total. The number of amides is 3. The Kier molecular flexibility index (Phi) is 5.09. The van der Waals surface area contributed by atoms with Gasteiger partial charge in [-0.3, -0.25) is 28.9 Å². The van der Waals surface area contributed by atoms with Crippen molar-refractivity contribution in [1.29, 1.82) is 0 Å². The lowest BCUT2D eigenvalue weighted by molar-refractivity contribution is -0.132. The summed E-state index contributed by atoms with van der Waals surface area (Å²) in [6.45, 7) is 2.55. The first-order chi connectivity index (χ1) is 18.2. The first-order valence-electron chi connectivity index (χ1n) is 11.6. The van der Waals surface area contributed by atoms with Crippen LogP contribution in [0, 0.1) is 0 Å². The molecular weight excluding hydrogens is 488 g/mol. The molecule has 0 N–H and O–H groups in total. The van der Waals surface area contributed by atoms with Crippen molar-refractivity contribution >= 4 is 57.5 Å². The number of nitrogens with zero attached hydrogens (tertiary/aromatic N) is 2. The monoisotopic (exact) mass is 506 g/mol. The third kappa shape index (κ3) is 3.44. The molecule has 0 aromatic heterocycles. The van der Waals surface area contributed by atoms with Gasteiger partial charge >= 0.3 is 11.9 Å². The quantitative estimate of drug-likeness (QED) is 0.222. The Bertz CT molecular complexity index is 1740. The molecule has 9 heteroatoms. The van der Waals surface area contributed by atoms with E-state index in [2.05, 4.69) is 0 Å². The minimum absolute atomic E-state index is 0.201. The van der Waals surface area contributed by atoms with Crippen LogP contribution in [-0.4, -0.2) is 29.7 Å². The standard InChI is InChI=1S/C29H18N2O7/c1-15(32)37-19-7-3-5-17(13-19)30-24-12-11-22-25-21(9-10-23(26(24)25)27(30)34)28(35)31(29(22)36)18-6-4-8-20(14-18)38-16(2)33/h3-14H,1-2H3. The fourth-order valence-corrected chi connectivity index (χ4v) is 4.96. The van der Waals surface area contributed by atoms with Crippen molar-refractivity contribution in [3.63, 3.8) is 0 Å². The molecule has 0 saturated carbocycles. The molecule has 2 aliphatic rings. The van der Waals surface area contributed by atoms with Gasteiger partial charge in [0.15, 0.2) is 0 Å². The van der Waals surface area contributed by atoms with E-state index in [-0.39, 0.29) is 34.2 Å². The molecule has 0 bridgehead atoms. The molecular formula is C29H18N2O7. The lowest BCUT2D eigenvalue weighted by Crippen LogP contribution is -2.40. The normalized spacial score (nSPS) is 13.8. The third-order valence-electron chi connectivity index (χ3n) is 6.35. The SMILES string of the molecule is CC(=O)Oc1cccc(N2C(=O)c3ccc4c5c(ccc(c35)C2=O)N(c2cccc(OC(C)=O)c2)C4=O)c1. The van der Waals surface area contributed by atoms with Gasteiger partial charge in [-0.05, 0) is 48.5 Å². The highest BCUT2D eigenvalue weighted by Gasteiger charge is 2.40. The van der Waals surface area contributed by atoms with Crippen molar-refractivity contribution < 1.29 is 33.4 Å². The molecule has 2 aliphatic heterocycles. The maximum atomic E-state index is 13.6. The molecule has 4 aromatic rings. The summed E-state index contributed by atoms with van der Waals surface area (Å²) in [5, 5.41) is 0.896. The van der Waals surface area contributed by atoms with Gasteiger partial charge in [0.05, 0.1) is 22.6 Å². The topological polar surface area (TPSA) is 110 Å². The Morgan fingerprint density at radius 1 is 0.579 bits per heavy atom. The van der Waals surface area contributed by atoms with Crippen LogP contribution in [0.2, 0.25) is 0 Å². The second kappa shape index (κ2) is 8.38. The summed E-state index contributed by atoms with van der Waals surface area (Å²) < 4.78 is 10.3. The molecule has 0 atom stereocenters. The van der Waals surface area contributed by atoms with Crippen LogP contribution in [0.25, 0.3) is 10.8 Å². The number of carbonyl (C=O) groups excluding carboxylic acids is 5. The minimum atomic E-state index is -0.561. The molecule has 0 spiro atoms. The highest BCUT2D eigenvalue weighted by molar-refractivity contribution is 6.40. The molecule has 38 heavy (non-hydrogen) atoms. The maximum Gasteiger partial charge on any atom is 0.308 e. The van der Waals surface area contributed by atoms with Crippen molar-refractivity contribution in [2.75, 3.05) is 9.80 Å². The number of benzene rings is 4. The summed E-state index contributed by atoms with van der Waals surface area (Å²) in [5.74, 6) is -1.99. The lowest BCUT2D eigenvalue weighted by atomic mass is 9.91. The van der Waals surface area contributed by atoms with E-state index in [0.29, 0.717) is 27.7 Å². The van der Waals surface area contributed by atoms with Gasteiger partial charge in [-0.2, -0.15) is 0 Å². The zero-order chi connectivity index (χ0) is 26.7. The van der Waals surface area contributed by atoms with Gasteiger partial charge in [0.2, 0.25) is 0 Å². The second-order valence-corrected chi connectivity index (χ2v) is 8.81. The number of hydrogen-bond donors (Lipinski definition) is 0. The van der Waals surface area contributed by atoms with Gasteiger partial charge in [-0.1, -0.05) is 12.1 Å². The molecule has 6 rings (SSSR count). The van der Waals surface area contributed by atoms with E-state index in [9.17, 15) is 24.0 Å². The van der Waals surface area contributed by atoms with Crippen molar-refractivity contribution in [3.8, 4) is 11.5 Å². The van der Waals surface area contributed by atoms with Crippen LogP contribution < -0.4 is 19.3 Å². The first kappa shape index (κ1) is 23.1.